The van der Waals surface area contributed by atoms with Crippen LogP contribution >= 0.6 is 0 Å². The predicted molar refractivity (Wildman–Crippen MR) is 150 cm³/mol. The molecule has 2 aromatic heterocycles. The van der Waals surface area contributed by atoms with Gasteiger partial charge in [-0.05, 0) is 43.3 Å². The van der Waals surface area contributed by atoms with Gasteiger partial charge in [0.1, 0.15) is 22.3 Å². The molecule has 4 aromatic rings. The standard InChI is InChI=1S/C27H25F2N7O4S/c1-3-24(37)34-9-10-35(15(2)14-34)26-17-11-19(29)16(25-18(28)5-4-6-20(25)30)12-21(17)36(27(38)33-26)22-13-32-8-7-23(22)41(31,39)40/h3-8,11-13,15H,1,9-10,14,30H2,2H3,(H2,31,39,40)/t15-/m0/s1. The third-order valence-corrected chi connectivity index (χ3v) is 7.93. The van der Waals surface area contributed by atoms with Crippen LogP contribution in [0, 0.1) is 11.6 Å². The van der Waals surface area contributed by atoms with Crippen LogP contribution in [0.1, 0.15) is 6.92 Å². The number of hydrogen-bond acceptors (Lipinski definition) is 8. The molecular weight excluding hydrogens is 556 g/mol. The second-order valence-electron chi connectivity index (χ2n) is 9.53. The first-order valence-corrected chi connectivity index (χ1v) is 13.9. The highest BCUT2D eigenvalue weighted by Gasteiger charge is 2.30. The van der Waals surface area contributed by atoms with Crippen molar-refractivity contribution in [3.8, 4) is 16.8 Å². The van der Waals surface area contributed by atoms with E-state index < -0.39 is 32.2 Å². The van der Waals surface area contributed by atoms with Gasteiger partial charge in [-0.2, -0.15) is 4.98 Å². The number of amides is 1. The van der Waals surface area contributed by atoms with Gasteiger partial charge < -0.3 is 15.5 Å². The lowest BCUT2D eigenvalue weighted by Crippen LogP contribution is -2.54. The van der Waals surface area contributed by atoms with Crippen molar-refractivity contribution in [3.63, 3.8) is 0 Å². The normalized spacial score (nSPS) is 15.8. The third kappa shape index (κ3) is 4.91. The van der Waals surface area contributed by atoms with E-state index in [1.54, 1.807) is 9.80 Å². The zero-order valence-corrected chi connectivity index (χ0v) is 22.6. The topological polar surface area (TPSA) is 158 Å². The highest BCUT2D eigenvalue weighted by molar-refractivity contribution is 7.89. The number of pyridine rings is 1. The highest BCUT2D eigenvalue weighted by atomic mass is 32.2. The maximum Gasteiger partial charge on any atom is 0.354 e. The smallest absolute Gasteiger partial charge is 0.354 e. The van der Waals surface area contributed by atoms with E-state index in [1.165, 1.54) is 30.5 Å². The lowest BCUT2D eigenvalue weighted by Gasteiger charge is -2.40. The molecule has 0 spiro atoms. The second kappa shape index (κ2) is 10.4. The number of nitrogens with two attached hydrogens (primary N) is 2. The van der Waals surface area contributed by atoms with E-state index in [1.807, 2.05) is 6.92 Å². The summed E-state index contributed by atoms with van der Waals surface area (Å²) in [6.45, 7) is 6.14. The second-order valence-corrected chi connectivity index (χ2v) is 11.1. The molecule has 0 saturated carbocycles. The first kappa shape index (κ1) is 27.9. The van der Waals surface area contributed by atoms with Gasteiger partial charge in [0.15, 0.2) is 0 Å². The molecule has 0 unspecified atom stereocenters. The van der Waals surface area contributed by atoms with Crippen LogP contribution in [0.2, 0.25) is 0 Å². The molecule has 2 aromatic carbocycles. The van der Waals surface area contributed by atoms with Crippen molar-refractivity contribution in [2.75, 3.05) is 30.3 Å². The van der Waals surface area contributed by atoms with Gasteiger partial charge in [-0.3, -0.25) is 14.3 Å². The number of primary sulfonamides is 1. The summed E-state index contributed by atoms with van der Waals surface area (Å²) in [5.74, 6) is -1.80. The Labute approximate surface area is 233 Å². The Hall–Kier alpha value is -4.69. The summed E-state index contributed by atoms with van der Waals surface area (Å²) in [7, 11) is -4.34. The van der Waals surface area contributed by atoms with Crippen molar-refractivity contribution in [1.29, 1.82) is 0 Å². The van der Waals surface area contributed by atoms with Crippen molar-refractivity contribution in [2.24, 2.45) is 5.14 Å². The van der Waals surface area contributed by atoms with Crippen LogP contribution < -0.4 is 21.5 Å². The van der Waals surface area contributed by atoms with Gasteiger partial charge in [0.2, 0.25) is 15.9 Å². The van der Waals surface area contributed by atoms with Gasteiger partial charge >= 0.3 is 5.69 Å². The van der Waals surface area contributed by atoms with Gasteiger partial charge in [-0.1, -0.05) is 12.6 Å². The number of carbonyl (C=O) groups excluding carboxylic acids is 1. The zero-order valence-electron chi connectivity index (χ0n) is 21.8. The Bertz CT molecular complexity index is 1870. The Balaban J connectivity index is 1.83. The molecule has 5 rings (SSSR count). The van der Waals surface area contributed by atoms with E-state index in [0.717, 1.165) is 29.0 Å². The molecule has 3 heterocycles. The van der Waals surface area contributed by atoms with Crippen LogP contribution in [-0.2, 0) is 14.8 Å². The summed E-state index contributed by atoms with van der Waals surface area (Å²) in [4.78, 5) is 36.9. The van der Waals surface area contributed by atoms with E-state index in [9.17, 15) is 22.4 Å². The van der Waals surface area contributed by atoms with Gasteiger partial charge in [0.05, 0.1) is 17.4 Å². The lowest BCUT2D eigenvalue weighted by molar-refractivity contribution is -0.126. The summed E-state index contributed by atoms with van der Waals surface area (Å²) in [6.07, 6.45) is 3.51. The van der Waals surface area contributed by atoms with Gasteiger partial charge in [0, 0.05) is 54.1 Å². The monoisotopic (exact) mass is 581 g/mol. The summed E-state index contributed by atoms with van der Waals surface area (Å²) in [6, 6.07) is 6.97. The molecule has 212 valence electrons. The number of rotatable bonds is 5. The van der Waals surface area contributed by atoms with Crippen LogP contribution in [0.25, 0.3) is 27.7 Å². The number of anilines is 2. The van der Waals surface area contributed by atoms with Gasteiger partial charge in [0.25, 0.3) is 0 Å². The van der Waals surface area contributed by atoms with Gasteiger partial charge in [-0.15, -0.1) is 0 Å². The number of nitrogen functional groups attached to an aromatic ring is 1. The number of nitrogens with zero attached hydrogens (tertiary/aromatic N) is 5. The van der Waals surface area contributed by atoms with Crippen molar-refractivity contribution in [3.05, 3.63) is 83.6 Å². The molecule has 0 radical (unpaired) electrons. The Morgan fingerprint density at radius 3 is 2.59 bits per heavy atom. The quantitative estimate of drug-likeness (QED) is 0.268. The van der Waals surface area contributed by atoms with Crippen LogP contribution in [0.15, 0.2) is 71.1 Å². The van der Waals surface area contributed by atoms with Crippen LogP contribution in [0.5, 0.6) is 0 Å². The molecule has 1 fully saturated rings. The Morgan fingerprint density at radius 2 is 1.93 bits per heavy atom. The Kier molecular flexibility index (Phi) is 7.05. The number of carbonyl (C=O) groups is 1. The van der Waals surface area contributed by atoms with E-state index in [4.69, 9.17) is 10.9 Å². The minimum absolute atomic E-state index is 0.00810. The van der Waals surface area contributed by atoms with E-state index in [-0.39, 0.29) is 70.8 Å². The fourth-order valence-electron chi connectivity index (χ4n) is 5.08. The number of hydrogen-bond donors (Lipinski definition) is 2. The van der Waals surface area contributed by atoms with Crippen LogP contribution in [0.3, 0.4) is 0 Å². The van der Waals surface area contributed by atoms with Crippen molar-refractivity contribution in [1.82, 2.24) is 19.4 Å². The highest BCUT2D eigenvalue weighted by Crippen LogP contribution is 2.37. The first-order valence-electron chi connectivity index (χ1n) is 12.4. The molecule has 1 aliphatic heterocycles. The molecule has 0 aliphatic carbocycles. The lowest BCUT2D eigenvalue weighted by atomic mass is 10.00. The maximum absolute atomic E-state index is 15.8. The summed E-state index contributed by atoms with van der Waals surface area (Å²) >= 11 is 0. The number of sulfonamides is 1. The average molecular weight is 582 g/mol. The minimum Gasteiger partial charge on any atom is -0.398 e. The molecule has 11 nitrogen and oxygen atoms in total. The molecule has 41 heavy (non-hydrogen) atoms. The fourth-order valence-corrected chi connectivity index (χ4v) is 5.77. The molecule has 1 saturated heterocycles. The number of fused-ring (bicyclic) bond motifs is 1. The first-order chi connectivity index (χ1) is 19.4. The summed E-state index contributed by atoms with van der Waals surface area (Å²) in [5, 5.41) is 5.55. The van der Waals surface area contributed by atoms with E-state index in [2.05, 4.69) is 16.5 Å². The summed E-state index contributed by atoms with van der Waals surface area (Å²) < 4.78 is 56.5. The molecule has 1 aliphatic rings. The fraction of sp³-hybridized carbons (Fsp3) is 0.185. The van der Waals surface area contributed by atoms with Gasteiger partial charge in [-0.25, -0.2) is 27.1 Å². The molecule has 1 amide bonds. The van der Waals surface area contributed by atoms with Crippen molar-refractivity contribution >= 4 is 38.3 Å². The third-order valence-electron chi connectivity index (χ3n) is 6.97. The average Bonchev–Trinajstić information content (AvgIpc) is 2.92. The van der Waals surface area contributed by atoms with Crippen molar-refractivity contribution in [2.45, 2.75) is 17.9 Å². The SMILES string of the molecule is C=CC(=O)N1CCN(c2nc(=O)n(-c3cnccc3S(N)(=O)=O)c3cc(-c4c(N)cccc4F)c(F)cc23)[C@@H](C)C1. The molecular formula is C27H25F2N7O4S. The Morgan fingerprint density at radius 1 is 1.17 bits per heavy atom. The van der Waals surface area contributed by atoms with E-state index >= 15 is 4.39 Å². The number of aromatic nitrogens is 3. The molecule has 14 heteroatoms. The minimum atomic E-state index is -4.34. The van der Waals surface area contributed by atoms with Crippen LogP contribution in [0.4, 0.5) is 20.3 Å². The number of halogens is 2. The summed E-state index contributed by atoms with van der Waals surface area (Å²) in [5.41, 5.74) is 4.34. The number of piperazine rings is 1. The molecule has 1 atom stereocenters. The maximum atomic E-state index is 15.8. The molecule has 4 N–H and O–H groups in total. The van der Waals surface area contributed by atoms with Crippen LogP contribution in [-0.4, -0.2) is 59.4 Å². The van der Waals surface area contributed by atoms with E-state index in [0.29, 0.717) is 0 Å². The van der Waals surface area contributed by atoms with Crippen molar-refractivity contribution < 1.29 is 22.0 Å². The number of benzene rings is 2. The zero-order chi connectivity index (χ0) is 29.6. The molecule has 0 bridgehead atoms. The predicted octanol–water partition coefficient (Wildman–Crippen LogP) is 2.18. The largest absolute Gasteiger partial charge is 0.398 e.